The largest absolute Gasteiger partial charge is 0.357 e. The highest BCUT2D eigenvalue weighted by Gasteiger charge is 2.32. The van der Waals surface area contributed by atoms with Gasteiger partial charge in [-0.2, -0.15) is 5.10 Å². The topological polar surface area (TPSA) is 46.9 Å². The van der Waals surface area contributed by atoms with Gasteiger partial charge in [-0.1, -0.05) is 30.3 Å². The van der Waals surface area contributed by atoms with Crippen molar-refractivity contribution in [3.8, 4) is 11.3 Å². The van der Waals surface area contributed by atoms with Crippen molar-refractivity contribution in [3.05, 3.63) is 42.1 Å². The van der Waals surface area contributed by atoms with Gasteiger partial charge >= 0.3 is 0 Å². The smallest absolute Gasteiger partial charge is 0.247 e. The summed E-state index contributed by atoms with van der Waals surface area (Å²) in [6.45, 7) is 5.74. The van der Waals surface area contributed by atoms with Crippen molar-refractivity contribution >= 4 is 5.91 Å². The number of benzene rings is 1. The fourth-order valence-electron chi connectivity index (χ4n) is 2.20. The first-order valence-corrected chi connectivity index (χ1v) is 6.31. The van der Waals surface area contributed by atoms with E-state index in [9.17, 15) is 4.79 Å². The van der Waals surface area contributed by atoms with E-state index in [1.807, 2.05) is 51.1 Å². The van der Waals surface area contributed by atoms with Crippen molar-refractivity contribution in [2.45, 2.75) is 26.3 Å². The summed E-state index contributed by atoms with van der Waals surface area (Å²) in [6, 6.07) is 10.0. The van der Waals surface area contributed by atoms with E-state index in [1.165, 1.54) is 0 Å². The third-order valence-corrected chi connectivity index (χ3v) is 3.31. The van der Waals surface area contributed by atoms with Crippen molar-refractivity contribution < 1.29 is 4.79 Å². The zero-order valence-electron chi connectivity index (χ0n) is 11.8. The summed E-state index contributed by atoms with van der Waals surface area (Å²) in [5.74, 6) is -0.0622. The normalized spacial score (nSPS) is 11.4. The quantitative estimate of drug-likeness (QED) is 0.917. The Kier molecular flexibility index (Phi) is 3.42. The number of carbonyl (C=O) groups is 1. The van der Waals surface area contributed by atoms with Gasteiger partial charge in [-0.05, 0) is 26.3 Å². The molecule has 1 amide bonds. The van der Waals surface area contributed by atoms with E-state index in [4.69, 9.17) is 0 Å². The summed E-state index contributed by atoms with van der Waals surface area (Å²) < 4.78 is 1.79. The van der Waals surface area contributed by atoms with Gasteiger partial charge in [0.05, 0.1) is 11.9 Å². The van der Waals surface area contributed by atoms with Crippen molar-refractivity contribution in [2.75, 3.05) is 7.05 Å². The second-order valence-electron chi connectivity index (χ2n) is 5.09. The van der Waals surface area contributed by atoms with Gasteiger partial charge in [-0.3, -0.25) is 4.79 Å². The molecule has 2 rings (SSSR count). The zero-order chi connectivity index (χ0) is 14.0. The second-order valence-corrected chi connectivity index (χ2v) is 5.09. The van der Waals surface area contributed by atoms with Crippen LogP contribution in [0.15, 0.2) is 36.5 Å². The van der Waals surface area contributed by atoms with E-state index in [0.717, 1.165) is 16.8 Å². The molecule has 0 radical (unpaired) electrons. The highest BCUT2D eigenvalue weighted by molar-refractivity contribution is 5.84. The van der Waals surface area contributed by atoms with Gasteiger partial charge in [0.1, 0.15) is 5.54 Å². The Morgan fingerprint density at radius 3 is 2.47 bits per heavy atom. The number of carbonyl (C=O) groups excluding carboxylic acids is 1. The van der Waals surface area contributed by atoms with E-state index in [-0.39, 0.29) is 5.91 Å². The van der Waals surface area contributed by atoms with Crippen molar-refractivity contribution in [3.63, 3.8) is 0 Å². The SMILES string of the molecule is CNC(=O)C(C)(C)n1ncc(C)c1-c1ccccc1. The molecule has 1 heterocycles. The number of nitrogens with one attached hydrogen (secondary N) is 1. The maximum atomic E-state index is 12.1. The third kappa shape index (κ3) is 2.26. The van der Waals surface area contributed by atoms with E-state index in [1.54, 1.807) is 17.9 Å². The molecule has 0 aliphatic heterocycles. The van der Waals surface area contributed by atoms with Gasteiger partial charge in [-0.25, -0.2) is 4.68 Å². The molecule has 0 saturated heterocycles. The number of aryl methyl sites for hydroxylation is 1. The molecular formula is C15H19N3O. The summed E-state index contributed by atoms with van der Waals surface area (Å²) in [5, 5.41) is 7.08. The summed E-state index contributed by atoms with van der Waals surface area (Å²) >= 11 is 0. The molecule has 0 spiro atoms. The monoisotopic (exact) mass is 257 g/mol. The lowest BCUT2D eigenvalue weighted by molar-refractivity contribution is -0.128. The first-order chi connectivity index (χ1) is 8.98. The third-order valence-electron chi connectivity index (χ3n) is 3.31. The molecule has 0 aliphatic carbocycles. The predicted molar refractivity (Wildman–Crippen MR) is 75.8 cm³/mol. The minimum absolute atomic E-state index is 0.0622. The lowest BCUT2D eigenvalue weighted by Crippen LogP contribution is -2.43. The molecule has 1 aromatic heterocycles. The fraction of sp³-hybridized carbons (Fsp3) is 0.333. The van der Waals surface area contributed by atoms with Gasteiger partial charge in [0.25, 0.3) is 0 Å². The Morgan fingerprint density at radius 2 is 1.89 bits per heavy atom. The number of rotatable bonds is 3. The lowest BCUT2D eigenvalue weighted by atomic mass is 10.0. The Bertz CT molecular complexity index is 585. The molecular weight excluding hydrogens is 238 g/mol. The minimum Gasteiger partial charge on any atom is -0.357 e. The maximum Gasteiger partial charge on any atom is 0.247 e. The van der Waals surface area contributed by atoms with Gasteiger partial charge in [0.15, 0.2) is 0 Å². The fourth-order valence-corrected chi connectivity index (χ4v) is 2.20. The van der Waals surface area contributed by atoms with Crippen molar-refractivity contribution in [1.82, 2.24) is 15.1 Å². The first-order valence-electron chi connectivity index (χ1n) is 6.31. The van der Waals surface area contributed by atoms with Crippen LogP contribution < -0.4 is 5.32 Å². The number of hydrogen-bond acceptors (Lipinski definition) is 2. The molecule has 0 aliphatic rings. The van der Waals surface area contributed by atoms with Crippen LogP contribution in [-0.4, -0.2) is 22.7 Å². The molecule has 4 nitrogen and oxygen atoms in total. The standard InChI is InChI=1S/C15H19N3O/c1-11-10-17-18(15(2,3)14(19)16-4)13(11)12-8-6-5-7-9-12/h5-10H,1-4H3,(H,16,19). The van der Waals surface area contributed by atoms with Gasteiger partial charge in [0.2, 0.25) is 5.91 Å². The molecule has 1 N–H and O–H groups in total. The molecule has 100 valence electrons. The molecule has 19 heavy (non-hydrogen) atoms. The van der Waals surface area contributed by atoms with Crippen LogP contribution in [0.3, 0.4) is 0 Å². The number of amides is 1. The number of hydrogen-bond donors (Lipinski definition) is 1. The van der Waals surface area contributed by atoms with E-state index < -0.39 is 5.54 Å². The Labute approximate surface area is 113 Å². The number of likely N-dealkylation sites (N-methyl/N-ethyl adjacent to an activating group) is 1. The second kappa shape index (κ2) is 4.88. The number of aromatic nitrogens is 2. The van der Waals surface area contributed by atoms with E-state index >= 15 is 0 Å². The molecule has 4 heteroatoms. The molecule has 0 fully saturated rings. The minimum atomic E-state index is -0.728. The highest BCUT2D eigenvalue weighted by Crippen LogP contribution is 2.28. The van der Waals surface area contributed by atoms with Crippen molar-refractivity contribution in [2.24, 2.45) is 0 Å². The van der Waals surface area contributed by atoms with Gasteiger partial charge in [-0.15, -0.1) is 0 Å². The Hall–Kier alpha value is -2.10. The van der Waals surface area contributed by atoms with E-state index in [0.29, 0.717) is 0 Å². The molecule has 1 aromatic carbocycles. The van der Waals surface area contributed by atoms with Gasteiger partial charge < -0.3 is 5.32 Å². The molecule has 0 saturated carbocycles. The van der Waals surface area contributed by atoms with Crippen LogP contribution in [0.1, 0.15) is 19.4 Å². The summed E-state index contributed by atoms with van der Waals surface area (Å²) in [7, 11) is 1.64. The van der Waals surface area contributed by atoms with E-state index in [2.05, 4.69) is 10.4 Å². The van der Waals surface area contributed by atoms with Crippen LogP contribution >= 0.6 is 0 Å². The highest BCUT2D eigenvalue weighted by atomic mass is 16.2. The lowest BCUT2D eigenvalue weighted by Gasteiger charge is -2.26. The van der Waals surface area contributed by atoms with Crippen LogP contribution in [0.2, 0.25) is 0 Å². The molecule has 0 unspecified atom stereocenters. The van der Waals surface area contributed by atoms with Crippen LogP contribution in [0, 0.1) is 6.92 Å². The first kappa shape index (κ1) is 13.3. The zero-order valence-corrected chi connectivity index (χ0v) is 11.8. The molecule has 0 bridgehead atoms. The van der Waals surface area contributed by atoms with Gasteiger partial charge in [0, 0.05) is 12.6 Å². The Morgan fingerprint density at radius 1 is 1.26 bits per heavy atom. The predicted octanol–water partition coefficient (Wildman–Crippen LogP) is 2.34. The van der Waals surface area contributed by atoms with Crippen LogP contribution in [0.25, 0.3) is 11.3 Å². The average Bonchev–Trinajstić information content (AvgIpc) is 2.81. The number of nitrogens with zero attached hydrogens (tertiary/aromatic N) is 2. The average molecular weight is 257 g/mol. The molecule has 0 atom stereocenters. The van der Waals surface area contributed by atoms with Crippen LogP contribution in [0.5, 0.6) is 0 Å². The maximum absolute atomic E-state index is 12.1. The van der Waals surface area contributed by atoms with Crippen molar-refractivity contribution in [1.29, 1.82) is 0 Å². The summed E-state index contributed by atoms with van der Waals surface area (Å²) in [4.78, 5) is 12.1. The summed E-state index contributed by atoms with van der Waals surface area (Å²) in [5.41, 5.74) is 2.38. The molecule has 2 aromatic rings. The Balaban J connectivity index is 2.59. The van der Waals surface area contributed by atoms with Crippen LogP contribution in [-0.2, 0) is 10.3 Å². The summed E-state index contributed by atoms with van der Waals surface area (Å²) in [6.07, 6.45) is 1.80. The van der Waals surface area contributed by atoms with Crippen LogP contribution in [0.4, 0.5) is 0 Å².